The number of fused-ring (bicyclic) bond motifs is 1. The van der Waals surface area contributed by atoms with Gasteiger partial charge in [0, 0.05) is 17.8 Å². The molecule has 7 atom stereocenters. The zero-order valence-electron chi connectivity index (χ0n) is 24.4. The molecule has 2 N–H and O–H groups in total. The van der Waals surface area contributed by atoms with Crippen LogP contribution in [0.2, 0.25) is 0 Å². The summed E-state index contributed by atoms with van der Waals surface area (Å²) >= 11 is 0. The van der Waals surface area contributed by atoms with Gasteiger partial charge in [-0.2, -0.15) is 0 Å². The van der Waals surface area contributed by atoms with Gasteiger partial charge in [0.15, 0.2) is 0 Å². The molecule has 1 spiro atoms. The van der Waals surface area contributed by atoms with E-state index in [1.807, 2.05) is 41.3 Å². The standard InChI is InChI=1S/C33H45N3O4/c1-19(2)22-11-13-23(14-12-22)34-30(37)27-26-17-18-33(40-26)28(27)32(39)36(24-15-9-20(3)10-16-24)29(33)31(38)35-25-8-6-5-7-21(25)4/h11-14,17-21,24-29H,5-10,15-16H2,1-4H3,(H,34,37)(H,35,38)/t20?,21-,24?,25+,26+,27+,28+,29-,33-/m0/s1. The lowest BCUT2D eigenvalue weighted by Crippen LogP contribution is -2.59. The number of likely N-dealkylation sites (tertiary alicyclic amines) is 1. The van der Waals surface area contributed by atoms with Gasteiger partial charge in [-0.25, -0.2) is 0 Å². The summed E-state index contributed by atoms with van der Waals surface area (Å²) in [5.74, 6) is -0.375. The topological polar surface area (TPSA) is 87.7 Å². The second-order valence-electron chi connectivity index (χ2n) is 13.5. The lowest BCUT2D eigenvalue weighted by Gasteiger charge is -2.40. The minimum Gasteiger partial charge on any atom is -0.359 e. The summed E-state index contributed by atoms with van der Waals surface area (Å²) in [6.07, 6.45) is 11.5. The molecular weight excluding hydrogens is 502 g/mol. The van der Waals surface area contributed by atoms with E-state index in [1.54, 1.807) is 0 Å². The third-order valence-corrected chi connectivity index (χ3v) is 10.5. The quantitative estimate of drug-likeness (QED) is 0.481. The molecule has 3 aliphatic heterocycles. The number of ether oxygens (including phenoxy) is 1. The first kappa shape index (κ1) is 27.5. The smallest absolute Gasteiger partial charge is 0.246 e. The Hall–Kier alpha value is -2.67. The number of hydrogen-bond acceptors (Lipinski definition) is 4. The van der Waals surface area contributed by atoms with Crippen LogP contribution in [0.3, 0.4) is 0 Å². The molecule has 6 rings (SSSR count). The number of amides is 3. The summed E-state index contributed by atoms with van der Waals surface area (Å²) in [7, 11) is 0. The zero-order valence-corrected chi connectivity index (χ0v) is 24.4. The van der Waals surface area contributed by atoms with E-state index in [0.29, 0.717) is 23.4 Å². The van der Waals surface area contributed by atoms with E-state index in [1.165, 1.54) is 12.0 Å². The van der Waals surface area contributed by atoms with Gasteiger partial charge in [0.2, 0.25) is 17.7 Å². The molecular formula is C33H45N3O4. The number of carbonyl (C=O) groups excluding carboxylic acids is 3. The fourth-order valence-electron chi connectivity index (χ4n) is 8.09. The van der Waals surface area contributed by atoms with Gasteiger partial charge < -0.3 is 20.3 Å². The van der Waals surface area contributed by atoms with E-state index in [-0.39, 0.29) is 29.8 Å². The van der Waals surface area contributed by atoms with Gasteiger partial charge in [-0.1, -0.05) is 64.8 Å². The molecule has 0 radical (unpaired) electrons. The Bertz CT molecular complexity index is 1170. The molecule has 40 heavy (non-hydrogen) atoms. The van der Waals surface area contributed by atoms with Crippen LogP contribution in [0.25, 0.3) is 0 Å². The molecule has 2 aliphatic carbocycles. The lowest BCUT2D eigenvalue weighted by molar-refractivity contribution is -0.145. The van der Waals surface area contributed by atoms with Gasteiger partial charge in [-0.15, -0.1) is 0 Å². The molecule has 4 fully saturated rings. The number of anilines is 1. The summed E-state index contributed by atoms with van der Waals surface area (Å²) in [5.41, 5.74) is 0.808. The van der Waals surface area contributed by atoms with Crippen molar-refractivity contribution < 1.29 is 19.1 Å². The predicted molar refractivity (Wildman–Crippen MR) is 155 cm³/mol. The first-order valence-corrected chi connectivity index (χ1v) is 15.6. The largest absolute Gasteiger partial charge is 0.359 e. The van der Waals surface area contributed by atoms with Crippen molar-refractivity contribution in [3.05, 3.63) is 42.0 Å². The van der Waals surface area contributed by atoms with Crippen LogP contribution < -0.4 is 10.6 Å². The van der Waals surface area contributed by atoms with Crippen molar-refractivity contribution >= 4 is 23.4 Å². The molecule has 7 nitrogen and oxygen atoms in total. The number of rotatable bonds is 6. The molecule has 3 amide bonds. The Balaban J connectivity index is 1.29. The van der Waals surface area contributed by atoms with Crippen molar-refractivity contribution in [1.82, 2.24) is 10.2 Å². The van der Waals surface area contributed by atoms with Gasteiger partial charge in [-0.05, 0) is 74.0 Å². The molecule has 5 aliphatic rings. The Morgan fingerprint density at radius 3 is 2.35 bits per heavy atom. The number of nitrogens with one attached hydrogen (secondary N) is 2. The molecule has 2 bridgehead atoms. The van der Waals surface area contributed by atoms with Gasteiger partial charge in [-0.3, -0.25) is 14.4 Å². The normalized spacial score (nSPS) is 38.5. The van der Waals surface area contributed by atoms with Gasteiger partial charge >= 0.3 is 0 Å². The molecule has 0 aromatic heterocycles. The van der Waals surface area contributed by atoms with Gasteiger partial charge in [0.25, 0.3) is 0 Å². The molecule has 1 aromatic carbocycles. The summed E-state index contributed by atoms with van der Waals surface area (Å²) in [6, 6.07) is 7.24. The van der Waals surface area contributed by atoms with E-state index >= 15 is 0 Å². The van der Waals surface area contributed by atoms with Crippen molar-refractivity contribution in [2.75, 3.05) is 5.32 Å². The third kappa shape index (κ3) is 4.58. The van der Waals surface area contributed by atoms with Crippen molar-refractivity contribution in [2.45, 2.75) is 115 Å². The van der Waals surface area contributed by atoms with E-state index in [4.69, 9.17) is 4.74 Å². The van der Waals surface area contributed by atoms with Crippen LogP contribution in [0.1, 0.15) is 90.5 Å². The highest BCUT2D eigenvalue weighted by atomic mass is 16.5. The molecule has 7 heteroatoms. The first-order chi connectivity index (χ1) is 19.2. The van der Waals surface area contributed by atoms with Gasteiger partial charge in [0.1, 0.15) is 11.6 Å². The summed E-state index contributed by atoms with van der Waals surface area (Å²) in [5, 5.41) is 6.41. The van der Waals surface area contributed by atoms with Gasteiger partial charge in [0.05, 0.1) is 17.9 Å². The second-order valence-corrected chi connectivity index (χ2v) is 13.5. The summed E-state index contributed by atoms with van der Waals surface area (Å²) in [4.78, 5) is 44.2. The summed E-state index contributed by atoms with van der Waals surface area (Å²) in [6.45, 7) is 8.73. The van der Waals surface area contributed by atoms with E-state index in [2.05, 4.69) is 38.3 Å². The van der Waals surface area contributed by atoms with Crippen molar-refractivity contribution in [1.29, 1.82) is 0 Å². The molecule has 2 saturated carbocycles. The van der Waals surface area contributed by atoms with Crippen LogP contribution in [0.4, 0.5) is 5.69 Å². The fraction of sp³-hybridized carbons (Fsp3) is 0.667. The van der Waals surface area contributed by atoms with Crippen molar-refractivity contribution in [3.63, 3.8) is 0 Å². The van der Waals surface area contributed by atoms with Crippen molar-refractivity contribution in [2.24, 2.45) is 23.7 Å². The highest BCUT2D eigenvalue weighted by molar-refractivity contribution is 6.03. The average Bonchev–Trinajstić information content (AvgIpc) is 3.58. The summed E-state index contributed by atoms with van der Waals surface area (Å²) < 4.78 is 6.57. The lowest BCUT2D eigenvalue weighted by atomic mass is 9.74. The molecule has 1 aromatic rings. The van der Waals surface area contributed by atoms with E-state index < -0.39 is 29.6 Å². The average molecular weight is 548 g/mol. The number of nitrogens with zero attached hydrogens (tertiary/aromatic N) is 1. The zero-order chi connectivity index (χ0) is 28.2. The molecule has 216 valence electrons. The Morgan fingerprint density at radius 2 is 1.68 bits per heavy atom. The van der Waals surface area contributed by atoms with Crippen LogP contribution in [-0.4, -0.2) is 52.5 Å². The van der Waals surface area contributed by atoms with Crippen LogP contribution in [0, 0.1) is 23.7 Å². The predicted octanol–water partition coefficient (Wildman–Crippen LogP) is 5.17. The van der Waals surface area contributed by atoms with Crippen molar-refractivity contribution in [3.8, 4) is 0 Å². The molecule has 3 heterocycles. The maximum atomic E-state index is 14.4. The van der Waals surface area contributed by atoms with Crippen LogP contribution >= 0.6 is 0 Å². The first-order valence-electron chi connectivity index (χ1n) is 15.6. The van der Waals surface area contributed by atoms with Crippen LogP contribution in [0.15, 0.2) is 36.4 Å². The molecule has 2 saturated heterocycles. The minimum absolute atomic E-state index is 0.00783. The SMILES string of the molecule is CC1CCC(N2C(=O)[C@H]3[C@H](C(=O)Nc4ccc(C(C)C)cc4)[C@H]4C=C[C@@]3(O4)[C@@H]2C(=O)N[C@@H]2CCCC[C@@H]2C)CC1. The van der Waals surface area contributed by atoms with E-state index in [9.17, 15) is 14.4 Å². The highest BCUT2D eigenvalue weighted by Crippen LogP contribution is 2.56. The van der Waals surface area contributed by atoms with Crippen LogP contribution in [-0.2, 0) is 19.1 Å². The molecule has 0 unspecified atom stereocenters. The number of benzene rings is 1. The van der Waals surface area contributed by atoms with E-state index in [0.717, 1.165) is 44.9 Å². The fourth-order valence-corrected chi connectivity index (χ4v) is 8.09. The number of hydrogen-bond donors (Lipinski definition) is 2. The Morgan fingerprint density at radius 1 is 0.975 bits per heavy atom. The maximum absolute atomic E-state index is 14.4. The maximum Gasteiger partial charge on any atom is 0.246 e. The Labute approximate surface area is 238 Å². The monoisotopic (exact) mass is 547 g/mol. The number of carbonyl (C=O) groups is 3. The highest BCUT2D eigenvalue weighted by Gasteiger charge is 2.73. The minimum atomic E-state index is -1.10. The van der Waals surface area contributed by atoms with Crippen LogP contribution in [0.5, 0.6) is 0 Å². The second kappa shape index (κ2) is 10.6. The Kier molecular flexibility index (Phi) is 7.30. The third-order valence-electron chi connectivity index (χ3n) is 10.5.